The molecule has 106 valence electrons. The van der Waals surface area contributed by atoms with Crippen LogP contribution in [0.3, 0.4) is 0 Å². The fourth-order valence-corrected chi connectivity index (χ4v) is 2.61. The normalized spacial score (nSPS) is 21.5. The van der Waals surface area contributed by atoms with Crippen molar-refractivity contribution in [1.29, 1.82) is 5.26 Å². The van der Waals surface area contributed by atoms with Crippen molar-refractivity contribution in [3.05, 3.63) is 28.8 Å². The lowest BCUT2D eigenvalue weighted by Gasteiger charge is -2.26. The number of likely N-dealkylation sites (N-methyl/N-ethyl adjacent to an activating group) is 1. The van der Waals surface area contributed by atoms with Crippen molar-refractivity contribution >= 4 is 23.2 Å². The van der Waals surface area contributed by atoms with Gasteiger partial charge in [-0.3, -0.25) is 4.79 Å². The lowest BCUT2D eigenvalue weighted by molar-refractivity contribution is -0.128. The summed E-state index contributed by atoms with van der Waals surface area (Å²) < 4.78 is 5.53. The zero-order valence-corrected chi connectivity index (χ0v) is 12.4. The summed E-state index contributed by atoms with van der Waals surface area (Å²) in [6.07, 6.45) is 0.520. The smallest absolute Gasteiger partial charge is 0.256 e. The molecule has 1 amide bonds. The van der Waals surface area contributed by atoms with Gasteiger partial charge in [-0.25, -0.2) is 0 Å². The Bertz CT molecular complexity index is 553. The zero-order valence-electron chi connectivity index (χ0n) is 11.6. The van der Waals surface area contributed by atoms with Crippen LogP contribution in [0.15, 0.2) is 18.2 Å². The summed E-state index contributed by atoms with van der Waals surface area (Å²) in [7, 11) is 0. The standard InChI is InChI=1S/C15H17ClN2O2/c1-3-18(15(19)14-10(2)6-7-20-14)12-5-4-11(9-17)13(16)8-12/h4-5,8,10,14H,3,6-7H2,1-2H3. The van der Waals surface area contributed by atoms with Gasteiger partial charge in [-0.1, -0.05) is 18.5 Å². The van der Waals surface area contributed by atoms with Gasteiger partial charge in [0.05, 0.1) is 10.6 Å². The highest BCUT2D eigenvalue weighted by Gasteiger charge is 2.34. The lowest BCUT2D eigenvalue weighted by atomic mass is 10.0. The first kappa shape index (κ1) is 14.8. The molecule has 5 heteroatoms. The first-order valence-electron chi connectivity index (χ1n) is 6.71. The Labute approximate surface area is 123 Å². The van der Waals surface area contributed by atoms with Crippen LogP contribution < -0.4 is 4.90 Å². The van der Waals surface area contributed by atoms with Crippen LogP contribution >= 0.6 is 11.6 Å². The Kier molecular flexibility index (Phi) is 4.64. The van der Waals surface area contributed by atoms with E-state index in [0.29, 0.717) is 29.4 Å². The van der Waals surface area contributed by atoms with Gasteiger partial charge < -0.3 is 9.64 Å². The Balaban J connectivity index is 2.26. The van der Waals surface area contributed by atoms with E-state index in [1.807, 2.05) is 19.9 Å². The van der Waals surface area contributed by atoms with Crippen molar-refractivity contribution in [2.24, 2.45) is 5.92 Å². The molecule has 0 saturated carbocycles. The maximum Gasteiger partial charge on any atom is 0.256 e. The van der Waals surface area contributed by atoms with Gasteiger partial charge in [0.2, 0.25) is 0 Å². The average Bonchev–Trinajstić information content (AvgIpc) is 2.86. The first-order chi connectivity index (χ1) is 9.58. The van der Waals surface area contributed by atoms with E-state index in [1.54, 1.807) is 23.1 Å². The van der Waals surface area contributed by atoms with Crippen molar-refractivity contribution in [1.82, 2.24) is 0 Å². The molecule has 1 fully saturated rings. The number of carbonyl (C=O) groups is 1. The molecule has 1 heterocycles. The predicted molar refractivity (Wildman–Crippen MR) is 77.7 cm³/mol. The molecule has 1 aliphatic heterocycles. The molecule has 0 aromatic heterocycles. The SMILES string of the molecule is CCN(C(=O)C1OCCC1C)c1ccc(C#N)c(Cl)c1. The summed E-state index contributed by atoms with van der Waals surface area (Å²) in [4.78, 5) is 14.2. The van der Waals surface area contributed by atoms with E-state index in [9.17, 15) is 4.79 Å². The molecule has 1 aromatic rings. The molecular weight excluding hydrogens is 276 g/mol. The van der Waals surface area contributed by atoms with E-state index in [-0.39, 0.29) is 17.9 Å². The molecule has 1 saturated heterocycles. The average molecular weight is 293 g/mol. The molecule has 0 aliphatic carbocycles. The summed E-state index contributed by atoms with van der Waals surface area (Å²) >= 11 is 6.03. The number of nitrogens with zero attached hydrogens (tertiary/aromatic N) is 2. The Morgan fingerprint density at radius 1 is 1.60 bits per heavy atom. The number of ether oxygens (including phenoxy) is 1. The van der Waals surface area contributed by atoms with Crippen LogP contribution in [0.4, 0.5) is 5.69 Å². The molecule has 1 aromatic carbocycles. The van der Waals surface area contributed by atoms with Crippen LogP contribution in [0, 0.1) is 17.2 Å². The number of halogens is 1. The van der Waals surface area contributed by atoms with E-state index in [0.717, 1.165) is 6.42 Å². The van der Waals surface area contributed by atoms with Gasteiger partial charge in [-0.15, -0.1) is 0 Å². The fraction of sp³-hybridized carbons (Fsp3) is 0.467. The highest BCUT2D eigenvalue weighted by molar-refractivity contribution is 6.32. The topological polar surface area (TPSA) is 53.3 Å². The molecule has 20 heavy (non-hydrogen) atoms. The monoisotopic (exact) mass is 292 g/mol. The summed E-state index contributed by atoms with van der Waals surface area (Å²) in [5.41, 5.74) is 1.11. The second-order valence-electron chi connectivity index (χ2n) is 4.92. The van der Waals surface area contributed by atoms with Crippen molar-refractivity contribution in [2.45, 2.75) is 26.4 Å². The molecule has 2 rings (SSSR count). The molecule has 0 N–H and O–H groups in total. The van der Waals surface area contributed by atoms with Crippen molar-refractivity contribution in [2.75, 3.05) is 18.1 Å². The first-order valence-corrected chi connectivity index (χ1v) is 7.09. The van der Waals surface area contributed by atoms with Gasteiger partial charge >= 0.3 is 0 Å². The number of amides is 1. The number of benzene rings is 1. The third kappa shape index (κ3) is 2.79. The molecule has 2 atom stereocenters. The number of carbonyl (C=O) groups excluding carboxylic acids is 1. The molecular formula is C15H17ClN2O2. The zero-order chi connectivity index (χ0) is 14.7. The van der Waals surface area contributed by atoms with Crippen molar-refractivity contribution in [3.63, 3.8) is 0 Å². The largest absolute Gasteiger partial charge is 0.368 e. The number of nitriles is 1. The van der Waals surface area contributed by atoms with Gasteiger partial charge in [0.1, 0.15) is 12.2 Å². The fourth-order valence-electron chi connectivity index (χ4n) is 2.39. The van der Waals surface area contributed by atoms with Crippen LogP contribution in [0.25, 0.3) is 0 Å². The lowest BCUT2D eigenvalue weighted by Crippen LogP contribution is -2.41. The van der Waals surface area contributed by atoms with E-state index in [1.165, 1.54) is 0 Å². The number of hydrogen-bond acceptors (Lipinski definition) is 3. The van der Waals surface area contributed by atoms with Crippen LogP contribution in [0.5, 0.6) is 0 Å². The van der Waals surface area contributed by atoms with Crippen LogP contribution in [-0.4, -0.2) is 25.2 Å². The van der Waals surface area contributed by atoms with E-state index < -0.39 is 0 Å². The van der Waals surface area contributed by atoms with Crippen LogP contribution in [-0.2, 0) is 9.53 Å². The summed E-state index contributed by atoms with van der Waals surface area (Å²) in [6.45, 7) is 5.09. The minimum absolute atomic E-state index is 0.0433. The van der Waals surface area contributed by atoms with Gasteiger partial charge in [0.25, 0.3) is 5.91 Å². The highest BCUT2D eigenvalue weighted by Crippen LogP contribution is 2.27. The summed E-state index contributed by atoms with van der Waals surface area (Å²) in [5, 5.41) is 9.24. The van der Waals surface area contributed by atoms with Gasteiger partial charge in [-0.05, 0) is 37.5 Å². The van der Waals surface area contributed by atoms with Crippen LogP contribution in [0.1, 0.15) is 25.8 Å². The number of hydrogen-bond donors (Lipinski definition) is 0. The molecule has 4 nitrogen and oxygen atoms in total. The Hall–Kier alpha value is -1.57. The third-order valence-corrected chi connectivity index (χ3v) is 3.91. The number of rotatable bonds is 3. The molecule has 0 spiro atoms. The molecule has 0 bridgehead atoms. The minimum atomic E-state index is -0.385. The highest BCUT2D eigenvalue weighted by atomic mass is 35.5. The van der Waals surface area contributed by atoms with Gasteiger partial charge in [0, 0.05) is 18.8 Å². The Morgan fingerprint density at radius 3 is 2.85 bits per heavy atom. The van der Waals surface area contributed by atoms with Gasteiger partial charge in [0.15, 0.2) is 0 Å². The van der Waals surface area contributed by atoms with Crippen LogP contribution in [0.2, 0.25) is 5.02 Å². The second kappa shape index (κ2) is 6.25. The second-order valence-corrected chi connectivity index (χ2v) is 5.32. The van der Waals surface area contributed by atoms with E-state index >= 15 is 0 Å². The maximum absolute atomic E-state index is 12.5. The summed E-state index contributed by atoms with van der Waals surface area (Å²) in [6, 6.07) is 7.04. The quantitative estimate of drug-likeness (QED) is 0.860. The number of anilines is 1. The molecule has 1 aliphatic rings. The van der Waals surface area contributed by atoms with Gasteiger partial charge in [-0.2, -0.15) is 5.26 Å². The van der Waals surface area contributed by atoms with Crippen molar-refractivity contribution < 1.29 is 9.53 Å². The van der Waals surface area contributed by atoms with E-state index in [4.69, 9.17) is 21.6 Å². The maximum atomic E-state index is 12.5. The molecule has 0 radical (unpaired) electrons. The van der Waals surface area contributed by atoms with Crippen molar-refractivity contribution in [3.8, 4) is 6.07 Å². The third-order valence-electron chi connectivity index (χ3n) is 3.60. The summed E-state index contributed by atoms with van der Waals surface area (Å²) in [5.74, 6) is 0.184. The Morgan fingerprint density at radius 2 is 2.35 bits per heavy atom. The minimum Gasteiger partial charge on any atom is -0.368 e. The molecule has 2 unspecified atom stereocenters. The predicted octanol–water partition coefficient (Wildman–Crippen LogP) is 2.99. The van der Waals surface area contributed by atoms with E-state index in [2.05, 4.69) is 0 Å².